The van der Waals surface area contributed by atoms with Crippen molar-refractivity contribution in [3.8, 4) is 5.75 Å². The van der Waals surface area contributed by atoms with Crippen molar-refractivity contribution in [1.29, 1.82) is 0 Å². The molecule has 2 rings (SSSR count). The minimum Gasteiger partial charge on any atom is -0.493 e. The molecule has 2 aromatic carbocycles. The van der Waals surface area contributed by atoms with Crippen LogP contribution in [0.1, 0.15) is 34.8 Å². The van der Waals surface area contributed by atoms with E-state index in [9.17, 15) is 4.79 Å². The highest BCUT2D eigenvalue weighted by atomic mass is 79.9. The van der Waals surface area contributed by atoms with Gasteiger partial charge in [-0.3, -0.25) is 4.79 Å². The van der Waals surface area contributed by atoms with Crippen LogP contribution < -0.4 is 10.1 Å². The zero-order chi connectivity index (χ0) is 16.1. The molecule has 22 heavy (non-hydrogen) atoms. The van der Waals surface area contributed by atoms with Gasteiger partial charge in [0.15, 0.2) is 0 Å². The van der Waals surface area contributed by atoms with Crippen LogP contribution in [0.25, 0.3) is 0 Å². The second-order valence-electron chi connectivity index (χ2n) is 5.26. The maximum absolute atomic E-state index is 12.6. The van der Waals surface area contributed by atoms with Crippen molar-refractivity contribution in [2.75, 3.05) is 11.9 Å². The molecule has 0 unspecified atom stereocenters. The lowest BCUT2D eigenvalue weighted by atomic mass is 10.1. The number of aryl methyl sites for hydroxylation is 2. The quantitative estimate of drug-likeness (QED) is 0.803. The van der Waals surface area contributed by atoms with Gasteiger partial charge in [-0.25, -0.2) is 0 Å². The Hall–Kier alpha value is -1.81. The molecule has 3 nitrogen and oxygen atoms in total. The summed E-state index contributed by atoms with van der Waals surface area (Å²) < 4.78 is 6.52. The summed E-state index contributed by atoms with van der Waals surface area (Å²) in [6, 6.07) is 11.5. The Morgan fingerprint density at radius 2 is 1.95 bits per heavy atom. The Labute approximate surface area is 139 Å². The highest BCUT2D eigenvalue weighted by Gasteiger charge is 2.14. The number of anilines is 1. The Balaban J connectivity index is 2.28. The molecule has 2 aromatic rings. The van der Waals surface area contributed by atoms with Crippen LogP contribution in [-0.4, -0.2) is 12.5 Å². The Kier molecular flexibility index (Phi) is 5.61. The van der Waals surface area contributed by atoms with E-state index in [2.05, 4.69) is 21.2 Å². The molecular formula is C18H20BrNO2. The van der Waals surface area contributed by atoms with Crippen LogP contribution in [0.15, 0.2) is 40.9 Å². The lowest BCUT2D eigenvalue weighted by Crippen LogP contribution is -2.15. The molecule has 0 spiro atoms. The molecule has 0 atom stereocenters. The van der Waals surface area contributed by atoms with Crippen LogP contribution in [0.5, 0.6) is 5.75 Å². The van der Waals surface area contributed by atoms with Crippen LogP contribution in [0.2, 0.25) is 0 Å². The van der Waals surface area contributed by atoms with Gasteiger partial charge in [0.25, 0.3) is 5.91 Å². The molecule has 0 fully saturated rings. The van der Waals surface area contributed by atoms with Crippen LogP contribution in [0.3, 0.4) is 0 Å². The zero-order valence-electron chi connectivity index (χ0n) is 13.1. The topological polar surface area (TPSA) is 38.3 Å². The summed E-state index contributed by atoms with van der Waals surface area (Å²) in [5.74, 6) is 0.439. The van der Waals surface area contributed by atoms with Crippen molar-refractivity contribution < 1.29 is 9.53 Å². The minimum absolute atomic E-state index is 0.166. The number of amides is 1. The number of ether oxygens (including phenoxy) is 1. The van der Waals surface area contributed by atoms with Crippen molar-refractivity contribution in [1.82, 2.24) is 0 Å². The largest absolute Gasteiger partial charge is 0.493 e. The van der Waals surface area contributed by atoms with Crippen molar-refractivity contribution in [2.24, 2.45) is 0 Å². The number of halogens is 1. The molecule has 0 aliphatic rings. The van der Waals surface area contributed by atoms with Crippen molar-refractivity contribution in [3.63, 3.8) is 0 Å². The Morgan fingerprint density at radius 3 is 2.68 bits per heavy atom. The van der Waals surface area contributed by atoms with E-state index in [1.165, 1.54) is 0 Å². The Morgan fingerprint density at radius 1 is 1.18 bits per heavy atom. The molecule has 0 bridgehead atoms. The van der Waals surface area contributed by atoms with Crippen LogP contribution in [-0.2, 0) is 0 Å². The third-order valence-electron chi connectivity index (χ3n) is 3.29. The van der Waals surface area contributed by atoms with Crippen molar-refractivity contribution in [3.05, 3.63) is 57.6 Å². The smallest absolute Gasteiger partial charge is 0.259 e. The van der Waals surface area contributed by atoms with E-state index in [-0.39, 0.29) is 5.91 Å². The van der Waals surface area contributed by atoms with E-state index < -0.39 is 0 Å². The van der Waals surface area contributed by atoms with E-state index >= 15 is 0 Å². The summed E-state index contributed by atoms with van der Waals surface area (Å²) in [6.45, 7) is 6.61. The monoisotopic (exact) mass is 361 g/mol. The van der Waals surface area contributed by atoms with Gasteiger partial charge in [0.05, 0.1) is 12.2 Å². The maximum atomic E-state index is 12.6. The van der Waals surface area contributed by atoms with E-state index in [0.717, 1.165) is 27.7 Å². The Bertz CT molecular complexity index is 683. The number of hydrogen-bond acceptors (Lipinski definition) is 2. The molecule has 0 radical (unpaired) electrons. The summed E-state index contributed by atoms with van der Waals surface area (Å²) >= 11 is 3.41. The first kappa shape index (κ1) is 16.6. The maximum Gasteiger partial charge on any atom is 0.259 e. The fraction of sp³-hybridized carbons (Fsp3) is 0.278. The van der Waals surface area contributed by atoms with Crippen molar-refractivity contribution in [2.45, 2.75) is 27.2 Å². The molecule has 116 valence electrons. The van der Waals surface area contributed by atoms with Gasteiger partial charge >= 0.3 is 0 Å². The van der Waals surface area contributed by atoms with Gasteiger partial charge in [0.1, 0.15) is 5.75 Å². The van der Waals surface area contributed by atoms with Gasteiger partial charge in [-0.05, 0) is 55.7 Å². The molecule has 0 aliphatic heterocycles. The number of nitrogens with one attached hydrogen (secondary N) is 1. The van der Waals surface area contributed by atoms with E-state index in [4.69, 9.17) is 4.74 Å². The minimum atomic E-state index is -0.166. The summed E-state index contributed by atoms with van der Waals surface area (Å²) in [4.78, 5) is 12.6. The number of hydrogen-bond donors (Lipinski definition) is 1. The SMILES string of the molecule is CCCOc1ccc(Br)cc1C(=O)Nc1cc(C)ccc1C. The molecular weight excluding hydrogens is 342 g/mol. The van der Waals surface area contributed by atoms with Gasteiger partial charge in [-0.1, -0.05) is 35.0 Å². The van der Waals surface area contributed by atoms with Crippen LogP contribution in [0, 0.1) is 13.8 Å². The molecule has 1 N–H and O–H groups in total. The second kappa shape index (κ2) is 7.45. The number of rotatable bonds is 5. The molecule has 0 aromatic heterocycles. The lowest BCUT2D eigenvalue weighted by Gasteiger charge is -2.13. The first-order chi connectivity index (χ1) is 10.5. The predicted octanol–water partition coefficient (Wildman–Crippen LogP) is 5.11. The van der Waals surface area contributed by atoms with Gasteiger partial charge < -0.3 is 10.1 Å². The van der Waals surface area contributed by atoms with E-state index in [1.54, 1.807) is 6.07 Å². The number of carbonyl (C=O) groups is 1. The highest BCUT2D eigenvalue weighted by Crippen LogP contribution is 2.25. The molecule has 0 saturated carbocycles. The summed E-state index contributed by atoms with van der Waals surface area (Å²) in [5, 5.41) is 2.97. The summed E-state index contributed by atoms with van der Waals surface area (Å²) in [6.07, 6.45) is 0.897. The first-order valence-corrected chi connectivity index (χ1v) is 8.11. The fourth-order valence-corrected chi connectivity index (χ4v) is 2.44. The van der Waals surface area contributed by atoms with Crippen LogP contribution in [0.4, 0.5) is 5.69 Å². The molecule has 4 heteroatoms. The third-order valence-corrected chi connectivity index (χ3v) is 3.78. The van der Waals surface area contributed by atoms with Crippen molar-refractivity contribution >= 4 is 27.5 Å². The fourth-order valence-electron chi connectivity index (χ4n) is 2.08. The van der Waals surface area contributed by atoms with Gasteiger partial charge in [-0.2, -0.15) is 0 Å². The molecule has 1 amide bonds. The second-order valence-corrected chi connectivity index (χ2v) is 6.18. The third kappa shape index (κ3) is 4.10. The predicted molar refractivity (Wildman–Crippen MR) is 93.8 cm³/mol. The molecule has 0 aliphatic carbocycles. The van der Waals surface area contributed by atoms with E-state index in [0.29, 0.717) is 17.9 Å². The average molecular weight is 362 g/mol. The van der Waals surface area contributed by atoms with E-state index in [1.807, 2.05) is 51.1 Å². The highest BCUT2D eigenvalue weighted by molar-refractivity contribution is 9.10. The average Bonchev–Trinajstić information content (AvgIpc) is 2.49. The molecule has 0 heterocycles. The zero-order valence-corrected chi connectivity index (χ0v) is 14.7. The molecule has 0 saturated heterocycles. The van der Waals surface area contributed by atoms with Crippen LogP contribution >= 0.6 is 15.9 Å². The standard InChI is InChI=1S/C18H20BrNO2/c1-4-9-22-17-8-7-14(19)11-15(17)18(21)20-16-10-12(2)5-6-13(16)3/h5-8,10-11H,4,9H2,1-3H3,(H,20,21). The number of benzene rings is 2. The van der Waals surface area contributed by atoms with Gasteiger partial charge in [0.2, 0.25) is 0 Å². The normalized spacial score (nSPS) is 10.4. The number of carbonyl (C=O) groups excluding carboxylic acids is 1. The first-order valence-electron chi connectivity index (χ1n) is 7.32. The lowest BCUT2D eigenvalue weighted by molar-refractivity contribution is 0.102. The van der Waals surface area contributed by atoms with Gasteiger partial charge in [-0.15, -0.1) is 0 Å². The summed E-state index contributed by atoms with van der Waals surface area (Å²) in [7, 11) is 0. The van der Waals surface area contributed by atoms with Gasteiger partial charge in [0, 0.05) is 10.2 Å². The summed E-state index contributed by atoms with van der Waals surface area (Å²) in [5.41, 5.74) is 3.50.